The predicted molar refractivity (Wildman–Crippen MR) is 82.6 cm³/mol. The molecule has 0 bridgehead atoms. The molecule has 1 unspecified atom stereocenters. The summed E-state index contributed by atoms with van der Waals surface area (Å²) < 4.78 is 2.19. The van der Waals surface area contributed by atoms with Gasteiger partial charge in [0.2, 0.25) is 0 Å². The van der Waals surface area contributed by atoms with Gasteiger partial charge in [0.25, 0.3) is 0 Å². The van der Waals surface area contributed by atoms with Gasteiger partial charge in [0.05, 0.1) is 28.8 Å². The minimum absolute atomic E-state index is 0.172. The van der Waals surface area contributed by atoms with Crippen LogP contribution in [0.25, 0.3) is 0 Å². The summed E-state index contributed by atoms with van der Waals surface area (Å²) in [6.07, 6.45) is 4.91. The molecule has 2 rings (SSSR count). The minimum Gasteiger partial charge on any atom is -0.333 e. The second kappa shape index (κ2) is 6.97. The molecule has 0 aliphatic rings. The van der Waals surface area contributed by atoms with Gasteiger partial charge < -0.3 is 10.3 Å². The molecule has 110 valence electrons. The number of nitrogens with two attached hydrogens (primary N) is 1. The number of nitrogens with zero attached hydrogens (tertiary/aromatic N) is 4. The Morgan fingerprint density at radius 2 is 2.30 bits per heavy atom. The molecule has 2 aromatic rings. The molecular formula is C14H23N5S. The largest absolute Gasteiger partial charge is 0.333 e. The van der Waals surface area contributed by atoms with Crippen molar-refractivity contribution in [1.29, 1.82) is 0 Å². The number of hydrogen-bond acceptors (Lipinski definition) is 5. The maximum atomic E-state index is 5.99. The maximum absolute atomic E-state index is 5.99. The standard InChI is InChI=1S/C14H23N5S/c1-4-5-19-10-16-7-14(19)13(6-15)18(3)8-12-9-20-11(2)17-12/h7,9-10,13H,4-6,8,15H2,1-3H3. The number of aromatic nitrogens is 3. The van der Waals surface area contributed by atoms with Gasteiger partial charge in [-0.05, 0) is 20.4 Å². The van der Waals surface area contributed by atoms with Crippen molar-refractivity contribution in [2.75, 3.05) is 13.6 Å². The van der Waals surface area contributed by atoms with Crippen molar-refractivity contribution in [1.82, 2.24) is 19.4 Å². The Bertz CT molecular complexity index is 533. The van der Waals surface area contributed by atoms with Crippen molar-refractivity contribution in [3.8, 4) is 0 Å². The number of rotatable bonds is 7. The lowest BCUT2D eigenvalue weighted by Crippen LogP contribution is -2.32. The Kier molecular flexibility index (Phi) is 5.28. The van der Waals surface area contributed by atoms with E-state index in [9.17, 15) is 0 Å². The van der Waals surface area contributed by atoms with Gasteiger partial charge in [0, 0.05) is 31.2 Å². The first kappa shape index (κ1) is 15.2. The molecule has 0 saturated heterocycles. The second-order valence-electron chi connectivity index (χ2n) is 5.04. The van der Waals surface area contributed by atoms with Crippen LogP contribution in [0.3, 0.4) is 0 Å². The molecule has 0 fully saturated rings. The van der Waals surface area contributed by atoms with Crippen LogP contribution in [0.15, 0.2) is 17.9 Å². The number of imidazole rings is 1. The zero-order chi connectivity index (χ0) is 14.5. The lowest BCUT2D eigenvalue weighted by atomic mass is 10.2. The van der Waals surface area contributed by atoms with Gasteiger partial charge in [0.1, 0.15) is 0 Å². The Labute approximate surface area is 124 Å². The average Bonchev–Trinajstić information content (AvgIpc) is 3.01. The van der Waals surface area contributed by atoms with E-state index in [1.54, 1.807) is 11.3 Å². The van der Waals surface area contributed by atoms with Crippen molar-refractivity contribution in [3.05, 3.63) is 34.3 Å². The molecule has 0 radical (unpaired) electrons. The van der Waals surface area contributed by atoms with Crippen LogP contribution < -0.4 is 5.73 Å². The van der Waals surface area contributed by atoms with Gasteiger partial charge in [-0.15, -0.1) is 11.3 Å². The molecule has 20 heavy (non-hydrogen) atoms. The lowest BCUT2D eigenvalue weighted by molar-refractivity contribution is 0.230. The van der Waals surface area contributed by atoms with Crippen LogP contribution in [0.2, 0.25) is 0 Å². The third-order valence-electron chi connectivity index (χ3n) is 3.38. The van der Waals surface area contributed by atoms with Crippen molar-refractivity contribution >= 4 is 11.3 Å². The lowest BCUT2D eigenvalue weighted by Gasteiger charge is -2.27. The van der Waals surface area contributed by atoms with Crippen LogP contribution >= 0.6 is 11.3 Å². The Morgan fingerprint density at radius 3 is 2.90 bits per heavy atom. The Morgan fingerprint density at radius 1 is 1.50 bits per heavy atom. The van der Waals surface area contributed by atoms with Crippen LogP contribution in [0.5, 0.6) is 0 Å². The third-order valence-corrected chi connectivity index (χ3v) is 4.21. The summed E-state index contributed by atoms with van der Waals surface area (Å²) in [7, 11) is 2.09. The molecule has 2 aromatic heterocycles. The maximum Gasteiger partial charge on any atom is 0.0948 e. The topological polar surface area (TPSA) is 60.0 Å². The first-order chi connectivity index (χ1) is 9.65. The fourth-order valence-corrected chi connectivity index (χ4v) is 3.01. The predicted octanol–water partition coefficient (Wildman–Crippen LogP) is 2.19. The Balaban J connectivity index is 2.12. The van der Waals surface area contributed by atoms with Crippen LogP contribution in [0.4, 0.5) is 0 Å². The van der Waals surface area contributed by atoms with E-state index < -0.39 is 0 Å². The monoisotopic (exact) mass is 293 g/mol. The van der Waals surface area contributed by atoms with Gasteiger partial charge in [-0.3, -0.25) is 4.90 Å². The smallest absolute Gasteiger partial charge is 0.0948 e. The SMILES string of the molecule is CCCn1cncc1C(CN)N(C)Cc1csc(C)n1. The van der Waals surface area contributed by atoms with Crippen molar-refractivity contribution < 1.29 is 0 Å². The van der Waals surface area contributed by atoms with E-state index in [0.29, 0.717) is 6.54 Å². The molecule has 0 amide bonds. The number of hydrogen-bond donors (Lipinski definition) is 1. The molecule has 5 nitrogen and oxygen atoms in total. The number of thiazole rings is 1. The number of likely N-dealkylation sites (N-methyl/N-ethyl adjacent to an activating group) is 1. The highest BCUT2D eigenvalue weighted by Gasteiger charge is 2.20. The van der Waals surface area contributed by atoms with Crippen LogP contribution in [0.1, 0.15) is 35.8 Å². The highest BCUT2D eigenvalue weighted by Crippen LogP contribution is 2.21. The van der Waals surface area contributed by atoms with E-state index in [0.717, 1.165) is 30.2 Å². The van der Waals surface area contributed by atoms with Gasteiger partial charge in [-0.25, -0.2) is 9.97 Å². The van der Waals surface area contributed by atoms with Gasteiger partial charge in [-0.1, -0.05) is 6.92 Å². The van der Waals surface area contributed by atoms with Crippen molar-refractivity contribution in [3.63, 3.8) is 0 Å². The third kappa shape index (κ3) is 3.45. The van der Waals surface area contributed by atoms with E-state index >= 15 is 0 Å². The van der Waals surface area contributed by atoms with Crippen molar-refractivity contribution in [2.24, 2.45) is 5.73 Å². The summed E-state index contributed by atoms with van der Waals surface area (Å²) in [6.45, 7) is 6.57. The summed E-state index contributed by atoms with van der Waals surface area (Å²) in [5.74, 6) is 0. The second-order valence-corrected chi connectivity index (χ2v) is 6.10. The molecule has 0 aromatic carbocycles. The first-order valence-corrected chi connectivity index (χ1v) is 7.85. The number of aryl methyl sites for hydroxylation is 2. The van der Waals surface area contributed by atoms with E-state index in [1.165, 1.54) is 5.69 Å². The van der Waals surface area contributed by atoms with Crippen LogP contribution in [-0.2, 0) is 13.1 Å². The zero-order valence-electron chi connectivity index (χ0n) is 12.4. The first-order valence-electron chi connectivity index (χ1n) is 6.97. The van der Waals surface area contributed by atoms with Gasteiger partial charge in [-0.2, -0.15) is 0 Å². The fraction of sp³-hybridized carbons (Fsp3) is 0.571. The Hall–Kier alpha value is -1.24. The zero-order valence-corrected chi connectivity index (χ0v) is 13.2. The molecule has 0 aliphatic carbocycles. The summed E-state index contributed by atoms with van der Waals surface area (Å²) in [4.78, 5) is 11.0. The quantitative estimate of drug-likeness (QED) is 0.850. The molecule has 2 N–H and O–H groups in total. The van der Waals surface area contributed by atoms with Gasteiger partial charge >= 0.3 is 0 Å². The summed E-state index contributed by atoms with van der Waals surface area (Å²) >= 11 is 1.69. The summed E-state index contributed by atoms with van der Waals surface area (Å²) in [6, 6.07) is 0.172. The molecule has 2 heterocycles. The molecule has 0 aliphatic heterocycles. The van der Waals surface area contributed by atoms with Crippen LogP contribution in [-0.4, -0.2) is 33.0 Å². The summed E-state index contributed by atoms with van der Waals surface area (Å²) in [5, 5.41) is 3.22. The molecule has 1 atom stereocenters. The van der Waals surface area contributed by atoms with Crippen molar-refractivity contribution in [2.45, 2.75) is 39.4 Å². The normalized spacial score (nSPS) is 13.1. The van der Waals surface area contributed by atoms with Gasteiger partial charge in [0.15, 0.2) is 0 Å². The summed E-state index contributed by atoms with van der Waals surface area (Å²) in [5.41, 5.74) is 8.28. The van der Waals surface area contributed by atoms with E-state index in [2.05, 4.69) is 38.8 Å². The van der Waals surface area contributed by atoms with E-state index in [-0.39, 0.29) is 6.04 Å². The van der Waals surface area contributed by atoms with E-state index in [1.807, 2.05) is 19.4 Å². The molecular weight excluding hydrogens is 270 g/mol. The fourth-order valence-electron chi connectivity index (χ4n) is 2.41. The molecule has 0 saturated carbocycles. The van der Waals surface area contributed by atoms with Crippen LogP contribution in [0, 0.1) is 6.92 Å². The minimum atomic E-state index is 0.172. The average molecular weight is 293 g/mol. The molecule has 0 spiro atoms. The molecule has 6 heteroatoms. The highest BCUT2D eigenvalue weighted by atomic mass is 32.1. The highest BCUT2D eigenvalue weighted by molar-refractivity contribution is 7.09. The van der Waals surface area contributed by atoms with E-state index in [4.69, 9.17) is 5.73 Å².